The number of hydrogen-bond donors (Lipinski definition) is 1. The van der Waals surface area contributed by atoms with Crippen LogP contribution >= 0.6 is 0 Å². The molecule has 0 aromatic heterocycles. The van der Waals surface area contributed by atoms with Crippen LogP contribution in [-0.2, 0) is 14.3 Å². The molecule has 0 radical (unpaired) electrons. The molecule has 1 aliphatic rings. The van der Waals surface area contributed by atoms with Crippen molar-refractivity contribution in [3.63, 3.8) is 0 Å². The molecular weight excluding hydrogens is 344 g/mol. The number of nitrogens with one attached hydrogen (secondary N) is 1. The fourth-order valence-electron chi connectivity index (χ4n) is 2.96. The number of amides is 1. The summed E-state index contributed by atoms with van der Waals surface area (Å²) in [4.78, 5) is 25.0. The summed E-state index contributed by atoms with van der Waals surface area (Å²) in [5.41, 5.74) is 0.544. The number of rotatable bonds is 6. The van der Waals surface area contributed by atoms with Crippen molar-refractivity contribution in [3.8, 4) is 6.07 Å². The van der Waals surface area contributed by atoms with E-state index in [0.717, 1.165) is 0 Å². The number of carbonyl (C=O) groups excluding carboxylic acids is 2. The summed E-state index contributed by atoms with van der Waals surface area (Å²) in [7, 11) is 0. The highest BCUT2D eigenvalue weighted by Crippen LogP contribution is 2.34. The molecule has 27 heavy (non-hydrogen) atoms. The number of carbonyl (C=O) groups is 2. The van der Waals surface area contributed by atoms with Gasteiger partial charge < -0.3 is 14.8 Å². The van der Waals surface area contributed by atoms with Gasteiger partial charge in [-0.25, -0.2) is 0 Å². The van der Waals surface area contributed by atoms with Crippen molar-refractivity contribution in [1.82, 2.24) is 5.32 Å². The average Bonchev–Trinajstić information content (AvgIpc) is 2.62. The van der Waals surface area contributed by atoms with Gasteiger partial charge in [-0.1, -0.05) is 32.9 Å². The standard InChI is InChI=1S/C21H28N2O4/c1-14(9-17(24)16-8-6-7-15(10-16)11-22)12-23-19(25)18-20(2,3)13-26-21(4,5)27-18/h6-8,10,14,18H,9,12-13H2,1-5H3,(H,23,25)/t14-,18+/m1/s1. The summed E-state index contributed by atoms with van der Waals surface area (Å²) in [5.74, 6) is -1.08. The fourth-order valence-corrected chi connectivity index (χ4v) is 2.96. The van der Waals surface area contributed by atoms with Crippen molar-refractivity contribution in [2.24, 2.45) is 11.3 Å². The van der Waals surface area contributed by atoms with Crippen molar-refractivity contribution < 1.29 is 19.1 Å². The van der Waals surface area contributed by atoms with Gasteiger partial charge in [0.25, 0.3) is 0 Å². The van der Waals surface area contributed by atoms with Crippen LogP contribution in [0.15, 0.2) is 24.3 Å². The summed E-state index contributed by atoms with van der Waals surface area (Å²) >= 11 is 0. The molecule has 2 rings (SSSR count). The lowest BCUT2D eigenvalue weighted by atomic mass is 9.85. The SMILES string of the molecule is C[C@@H](CNC(=O)[C@@H]1OC(C)(C)OCC1(C)C)CC(=O)c1cccc(C#N)c1. The molecule has 2 atom stereocenters. The van der Waals surface area contributed by atoms with E-state index in [2.05, 4.69) is 5.32 Å². The number of nitrogens with zero attached hydrogens (tertiary/aromatic N) is 1. The van der Waals surface area contributed by atoms with Crippen molar-refractivity contribution >= 4 is 11.7 Å². The lowest BCUT2D eigenvalue weighted by Gasteiger charge is -2.44. The Morgan fingerprint density at radius 1 is 1.33 bits per heavy atom. The van der Waals surface area contributed by atoms with E-state index in [1.165, 1.54) is 0 Å². The van der Waals surface area contributed by atoms with Gasteiger partial charge in [-0.3, -0.25) is 9.59 Å². The molecule has 146 valence electrons. The third kappa shape index (κ3) is 5.62. The van der Waals surface area contributed by atoms with E-state index in [9.17, 15) is 9.59 Å². The molecule has 1 aromatic rings. The van der Waals surface area contributed by atoms with Gasteiger partial charge in [-0.2, -0.15) is 5.26 Å². The molecule has 1 aliphatic heterocycles. The molecule has 1 fully saturated rings. The Bertz CT molecular complexity index is 749. The summed E-state index contributed by atoms with van der Waals surface area (Å²) in [6.45, 7) is 10.2. The van der Waals surface area contributed by atoms with E-state index in [1.807, 2.05) is 26.8 Å². The zero-order chi connectivity index (χ0) is 20.2. The summed E-state index contributed by atoms with van der Waals surface area (Å²) < 4.78 is 11.5. The number of benzene rings is 1. The molecule has 0 bridgehead atoms. The smallest absolute Gasteiger partial charge is 0.249 e. The molecule has 0 aliphatic carbocycles. The minimum atomic E-state index is -0.801. The van der Waals surface area contributed by atoms with Crippen molar-refractivity contribution in [2.45, 2.75) is 52.9 Å². The molecule has 1 aromatic carbocycles. The Hall–Kier alpha value is -2.23. The second-order valence-electron chi connectivity index (χ2n) is 8.35. The first-order chi connectivity index (χ1) is 12.5. The third-order valence-corrected chi connectivity index (χ3v) is 4.61. The van der Waals surface area contributed by atoms with Gasteiger partial charge in [0.1, 0.15) is 6.10 Å². The van der Waals surface area contributed by atoms with Gasteiger partial charge in [0.2, 0.25) is 5.91 Å². The van der Waals surface area contributed by atoms with Crippen LogP contribution < -0.4 is 5.32 Å². The normalized spacial score (nSPS) is 21.7. The van der Waals surface area contributed by atoms with Crippen LogP contribution in [0, 0.1) is 22.7 Å². The highest BCUT2D eigenvalue weighted by Gasteiger charge is 2.45. The molecule has 0 saturated carbocycles. The Labute approximate surface area is 160 Å². The number of ether oxygens (including phenoxy) is 2. The molecule has 6 heteroatoms. The molecular formula is C21H28N2O4. The molecule has 6 nitrogen and oxygen atoms in total. The van der Waals surface area contributed by atoms with Crippen LogP contribution in [0.5, 0.6) is 0 Å². The first-order valence-electron chi connectivity index (χ1n) is 9.17. The maximum atomic E-state index is 12.6. The van der Waals surface area contributed by atoms with Crippen LogP contribution in [0.4, 0.5) is 0 Å². The zero-order valence-electron chi connectivity index (χ0n) is 16.7. The molecule has 1 saturated heterocycles. The van der Waals surface area contributed by atoms with Gasteiger partial charge in [0.05, 0.1) is 18.2 Å². The number of nitriles is 1. The minimum absolute atomic E-state index is 0.0387. The summed E-state index contributed by atoms with van der Waals surface area (Å²) in [6.07, 6.45) is -0.324. The van der Waals surface area contributed by atoms with E-state index in [4.69, 9.17) is 14.7 Å². The summed E-state index contributed by atoms with van der Waals surface area (Å²) in [6, 6.07) is 8.69. The number of hydrogen-bond acceptors (Lipinski definition) is 5. The van der Waals surface area contributed by atoms with E-state index in [0.29, 0.717) is 30.7 Å². The number of Topliss-reactive ketones (excluding diaryl/α,β-unsaturated/α-hetero) is 1. The van der Waals surface area contributed by atoms with Gasteiger partial charge in [0, 0.05) is 23.9 Å². The second kappa shape index (κ2) is 8.20. The van der Waals surface area contributed by atoms with Crippen LogP contribution in [0.2, 0.25) is 0 Å². The largest absolute Gasteiger partial charge is 0.354 e. The van der Waals surface area contributed by atoms with E-state index >= 15 is 0 Å². The van der Waals surface area contributed by atoms with Gasteiger partial charge in [0.15, 0.2) is 11.6 Å². The van der Waals surface area contributed by atoms with Crippen LogP contribution in [0.3, 0.4) is 0 Å². The average molecular weight is 372 g/mol. The minimum Gasteiger partial charge on any atom is -0.354 e. The Kier molecular flexibility index (Phi) is 6.40. The van der Waals surface area contributed by atoms with E-state index < -0.39 is 17.3 Å². The predicted molar refractivity (Wildman–Crippen MR) is 101 cm³/mol. The maximum Gasteiger partial charge on any atom is 0.249 e. The molecule has 0 unspecified atom stereocenters. The monoisotopic (exact) mass is 372 g/mol. The quantitative estimate of drug-likeness (QED) is 0.775. The number of ketones is 1. The lowest BCUT2D eigenvalue weighted by Crippen LogP contribution is -2.56. The van der Waals surface area contributed by atoms with Crippen LogP contribution in [0.1, 0.15) is 57.0 Å². The first-order valence-corrected chi connectivity index (χ1v) is 9.17. The Morgan fingerprint density at radius 2 is 2.04 bits per heavy atom. The molecule has 0 spiro atoms. The van der Waals surface area contributed by atoms with Gasteiger partial charge in [-0.15, -0.1) is 0 Å². The van der Waals surface area contributed by atoms with Crippen molar-refractivity contribution in [1.29, 1.82) is 5.26 Å². The Balaban J connectivity index is 1.90. The molecule has 1 heterocycles. The third-order valence-electron chi connectivity index (χ3n) is 4.61. The maximum absolute atomic E-state index is 12.6. The lowest BCUT2D eigenvalue weighted by molar-refractivity contribution is -0.304. The highest BCUT2D eigenvalue weighted by molar-refractivity contribution is 5.96. The predicted octanol–water partition coefficient (Wildman–Crippen LogP) is 3.06. The van der Waals surface area contributed by atoms with Crippen molar-refractivity contribution in [2.75, 3.05) is 13.2 Å². The van der Waals surface area contributed by atoms with Crippen molar-refractivity contribution in [3.05, 3.63) is 35.4 Å². The van der Waals surface area contributed by atoms with Gasteiger partial charge >= 0.3 is 0 Å². The van der Waals surface area contributed by atoms with E-state index in [-0.39, 0.29) is 17.6 Å². The molecule has 1 amide bonds. The zero-order valence-corrected chi connectivity index (χ0v) is 16.7. The molecule has 1 N–H and O–H groups in total. The second-order valence-corrected chi connectivity index (χ2v) is 8.35. The topological polar surface area (TPSA) is 88.4 Å². The van der Waals surface area contributed by atoms with E-state index in [1.54, 1.807) is 38.1 Å². The summed E-state index contributed by atoms with van der Waals surface area (Å²) in [5, 5.41) is 11.8. The highest BCUT2D eigenvalue weighted by atomic mass is 16.7. The van der Waals surface area contributed by atoms with Crippen LogP contribution in [-0.4, -0.2) is 36.7 Å². The Morgan fingerprint density at radius 3 is 2.70 bits per heavy atom. The van der Waals surface area contributed by atoms with Crippen LogP contribution in [0.25, 0.3) is 0 Å². The first kappa shape index (κ1) is 21.1. The van der Waals surface area contributed by atoms with Gasteiger partial charge in [-0.05, 0) is 31.9 Å². The fraction of sp³-hybridized carbons (Fsp3) is 0.571.